The first-order chi connectivity index (χ1) is 7.13. The summed E-state index contributed by atoms with van der Waals surface area (Å²) < 4.78 is 0. The number of unbranched alkanes of at least 4 members (excludes halogenated alkanes) is 2. The highest BCUT2D eigenvalue weighted by molar-refractivity contribution is 7.37. The molecule has 0 spiro atoms. The molecule has 0 aromatic heterocycles. The minimum atomic E-state index is -0.729. The predicted molar refractivity (Wildman–Crippen MR) is 59.6 cm³/mol. The van der Waals surface area contributed by atoms with E-state index in [1.807, 2.05) is 0 Å². The Hall–Kier alpha value is -0.630. The van der Waals surface area contributed by atoms with Crippen molar-refractivity contribution in [1.82, 2.24) is 0 Å². The second kappa shape index (κ2) is 9.91. The van der Waals surface area contributed by atoms with Crippen LogP contribution in [-0.2, 0) is 9.59 Å². The Kier molecular flexibility index (Phi) is 9.49. The molecule has 1 radical (unpaired) electrons. The van der Waals surface area contributed by atoms with Crippen molar-refractivity contribution < 1.29 is 19.8 Å². The number of hydrogen-bond donors (Lipinski definition) is 2. The lowest BCUT2D eigenvalue weighted by molar-refractivity contribution is -0.138. The van der Waals surface area contributed by atoms with Gasteiger partial charge in [0.15, 0.2) is 0 Å². The van der Waals surface area contributed by atoms with Gasteiger partial charge in [0.2, 0.25) is 0 Å². The summed E-state index contributed by atoms with van der Waals surface area (Å²) in [5, 5.41) is 16.8. The van der Waals surface area contributed by atoms with E-state index in [4.69, 9.17) is 10.2 Å². The van der Waals surface area contributed by atoms with Crippen LogP contribution in [0.4, 0.5) is 0 Å². The smallest absolute Gasteiger partial charge is 0.303 e. The van der Waals surface area contributed by atoms with Gasteiger partial charge in [0, 0.05) is 12.8 Å². The first-order valence-corrected chi connectivity index (χ1v) is 6.46. The topological polar surface area (TPSA) is 74.6 Å². The van der Waals surface area contributed by atoms with Crippen LogP contribution in [0.3, 0.4) is 0 Å². The Bertz CT molecular complexity index is 174. The zero-order valence-electron chi connectivity index (χ0n) is 8.81. The SMILES string of the molecule is O=C(O)CCCC[P]CCCCC(=O)O. The number of rotatable bonds is 10. The number of hydrogen-bond acceptors (Lipinski definition) is 2. The Morgan fingerprint density at radius 2 is 1.20 bits per heavy atom. The van der Waals surface area contributed by atoms with Gasteiger partial charge in [0.1, 0.15) is 0 Å². The Labute approximate surface area is 91.9 Å². The standard InChI is InChI=1S/C10H18O4P/c11-9(12)5-1-3-7-15-8-4-2-6-10(13)14/h1-8H2,(H,11,12)(H,13,14). The molecule has 0 unspecified atom stereocenters. The zero-order valence-corrected chi connectivity index (χ0v) is 9.71. The summed E-state index contributed by atoms with van der Waals surface area (Å²) in [6.07, 6.45) is 5.97. The molecule has 4 nitrogen and oxygen atoms in total. The Morgan fingerprint density at radius 1 is 0.800 bits per heavy atom. The maximum Gasteiger partial charge on any atom is 0.303 e. The van der Waals surface area contributed by atoms with Crippen LogP contribution < -0.4 is 0 Å². The van der Waals surface area contributed by atoms with Crippen LogP contribution in [0.15, 0.2) is 0 Å². The first kappa shape index (κ1) is 14.4. The van der Waals surface area contributed by atoms with Crippen molar-refractivity contribution in [3.63, 3.8) is 0 Å². The molecule has 0 amide bonds. The average molecular weight is 233 g/mol. The molecule has 87 valence electrons. The molecule has 0 aromatic carbocycles. The first-order valence-electron chi connectivity index (χ1n) is 5.20. The van der Waals surface area contributed by atoms with Gasteiger partial charge >= 0.3 is 11.9 Å². The van der Waals surface area contributed by atoms with Gasteiger partial charge in [-0.15, -0.1) is 0 Å². The third-order valence-corrected chi connectivity index (χ3v) is 3.18. The van der Waals surface area contributed by atoms with Gasteiger partial charge in [0.25, 0.3) is 0 Å². The van der Waals surface area contributed by atoms with Crippen LogP contribution in [0.1, 0.15) is 38.5 Å². The maximum absolute atomic E-state index is 10.2. The van der Waals surface area contributed by atoms with E-state index < -0.39 is 11.9 Å². The molecule has 0 rings (SSSR count). The van der Waals surface area contributed by atoms with Crippen molar-refractivity contribution in [2.45, 2.75) is 38.5 Å². The third-order valence-electron chi connectivity index (χ3n) is 1.91. The van der Waals surface area contributed by atoms with Crippen LogP contribution in [0.25, 0.3) is 0 Å². The van der Waals surface area contributed by atoms with E-state index in [1.165, 1.54) is 8.58 Å². The van der Waals surface area contributed by atoms with Crippen LogP contribution >= 0.6 is 8.58 Å². The molecule has 5 heteroatoms. The van der Waals surface area contributed by atoms with E-state index in [2.05, 4.69) is 0 Å². The molecule has 0 bridgehead atoms. The predicted octanol–water partition coefficient (Wildman–Crippen LogP) is 2.44. The van der Waals surface area contributed by atoms with Crippen molar-refractivity contribution in [1.29, 1.82) is 0 Å². The fourth-order valence-corrected chi connectivity index (χ4v) is 2.23. The molecular weight excluding hydrogens is 215 g/mol. The van der Waals surface area contributed by atoms with Crippen LogP contribution in [-0.4, -0.2) is 34.5 Å². The van der Waals surface area contributed by atoms with Gasteiger partial charge in [0.05, 0.1) is 0 Å². The molecule has 15 heavy (non-hydrogen) atoms. The minimum absolute atomic E-state index is 0.258. The second-order valence-corrected chi connectivity index (χ2v) is 4.71. The van der Waals surface area contributed by atoms with Crippen molar-refractivity contribution in [2.24, 2.45) is 0 Å². The van der Waals surface area contributed by atoms with Gasteiger partial charge < -0.3 is 10.2 Å². The molecule has 0 aliphatic heterocycles. The van der Waals surface area contributed by atoms with Gasteiger partial charge in [-0.05, 0) is 38.0 Å². The van der Waals surface area contributed by atoms with E-state index in [1.54, 1.807) is 0 Å². The van der Waals surface area contributed by atoms with E-state index >= 15 is 0 Å². The summed E-state index contributed by atoms with van der Waals surface area (Å²) in [6, 6.07) is 0. The highest BCUT2D eigenvalue weighted by atomic mass is 31.1. The monoisotopic (exact) mass is 233 g/mol. The molecule has 0 aliphatic carbocycles. The molecule has 0 saturated heterocycles. The summed E-state index contributed by atoms with van der Waals surface area (Å²) in [4.78, 5) is 20.4. The van der Waals surface area contributed by atoms with Crippen molar-refractivity contribution in [3.05, 3.63) is 0 Å². The van der Waals surface area contributed by atoms with E-state index in [0.29, 0.717) is 0 Å². The molecule has 0 saturated carbocycles. The highest BCUT2D eigenvalue weighted by Crippen LogP contribution is 2.16. The fourth-order valence-electron chi connectivity index (χ4n) is 1.11. The van der Waals surface area contributed by atoms with Crippen molar-refractivity contribution >= 4 is 20.5 Å². The van der Waals surface area contributed by atoms with Crippen LogP contribution in [0, 0.1) is 0 Å². The van der Waals surface area contributed by atoms with Crippen molar-refractivity contribution in [2.75, 3.05) is 12.3 Å². The molecule has 0 aliphatic rings. The van der Waals surface area contributed by atoms with Gasteiger partial charge in [-0.3, -0.25) is 9.59 Å². The quantitative estimate of drug-likeness (QED) is 0.449. The molecule has 0 atom stereocenters. The Morgan fingerprint density at radius 3 is 1.53 bits per heavy atom. The van der Waals surface area contributed by atoms with Crippen LogP contribution in [0.5, 0.6) is 0 Å². The number of carboxylic acids is 2. The van der Waals surface area contributed by atoms with E-state index in [-0.39, 0.29) is 12.8 Å². The van der Waals surface area contributed by atoms with E-state index in [0.717, 1.165) is 38.0 Å². The maximum atomic E-state index is 10.2. The van der Waals surface area contributed by atoms with E-state index in [9.17, 15) is 9.59 Å². The van der Waals surface area contributed by atoms with Crippen molar-refractivity contribution in [3.8, 4) is 0 Å². The Balaban J connectivity index is 2.99. The second-order valence-electron chi connectivity index (χ2n) is 3.37. The molecule has 0 heterocycles. The summed E-state index contributed by atoms with van der Waals surface area (Å²) in [6.45, 7) is 0. The summed E-state index contributed by atoms with van der Waals surface area (Å²) >= 11 is 0. The molecule has 0 aromatic rings. The van der Waals surface area contributed by atoms with Gasteiger partial charge in [-0.1, -0.05) is 8.58 Å². The lowest BCUT2D eigenvalue weighted by Crippen LogP contribution is -1.95. The van der Waals surface area contributed by atoms with Gasteiger partial charge in [-0.25, -0.2) is 0 Å². The van der Waals surface area contributed by atoms with Gasteiger partial charge in [-0.2, -0.15) is 0 Å². The average Bonchev–Trinajstić information content (AvgIpc) is 2.14. The fraction of sp³-hybridized carbons (Fsp3) is 0.800. The lowest BCUT2D eigenvalue weighted by atomic mass is 10.2. The highest BCUT2D eigenvalue weighted by Gasteiger charge is 1.98. The summed E-state index contributed by atoms with van der Waals surface area (Å²) in [7, 11) is 1.31. The summed E-state index contributed by atoms with van der Waals surface area (Å²) in [5.74, 6) is -1.46. The lowest BCUT2D eigenvalue weighted by Gasteiger charge is -1.99. The minimum Gasteiger partial charge on any atom is -0.481 e. The normalized spacial score (nSPS) is 10.1. The largest absolute Gasteiger partial charge is 0.481 e. The third kappa shape index (κ3) is 13.4. The zero-order chi connectivity index (χ0) is 11.5. The molecular formula is C10H18O4P. The number of aliphatic carboxylic acids is 2. The summed E-state index contributed by atoms with van der Waals surface area (Å²) in [5.41, 5.74) is 0. The number of carbonyl (C=O) groups is 2. The molecule has 0 fully saturated rings. The van der Waals surface area contributed by atoms with Crippen LogP contribution in [0.2, 0.25) is 0 Å². The molecule has 2 N–H and O–H groups in total. The number of carboxylic acid groups (broad SMARTS) is 2.